The summed E-state index contributed by atoms with van der Waals surface area (Å²) in [6.07, 6.45) is 0. The van der Waals surface area contributed by atoms with Crippen molar-refractivity contribution in [2.75, 3.05) is 0 Å². The van der Waals surface area contributed by atoms with Crippen LogP contribution in [-0.2, 0) is 11.8 Å². The molecule has 3 rings (SSSR count). The highest BCUT2D eigenvalue weighted by Crippen LogP contribution is 2.23. The van der Waals surface area contributed by atoms with Crippen molar-refractivity contribution >= 4 is 27.5 Å². The van der Waals surface area contributed by atoms with Gasteiger partial charge in [0.15, 0.2) is 0 Å². The first-order valence-electron chi connectivity index (χ1n) is 7.30. The van der Waals surface area contributed by atoms with Gasteiger partial charge in [0.25, 0.3) is 0 Å². The van der Waals surface area contributed by atoms with Gasteiger partial charge in [0.2, 0.25) is 10.7 Å². The SMILES string of the molecule is Cc1noc(C)c1C(C)C(=O)NN=c1sc2ccccc2n1C. The summed E-state index contributed by atoms with van der Waals surface area (Å²) in [6.45, 7) is 5.46. The molecule has 1 N–H and O–H groups in total. The zero-order chi connectivity index (χ0) is 16.6. The molecule has 6 nitrogen and oxygen atoms in total. The number of aromatic nitrogens is 2. The minimum absolute atomic E-state index is 0.183. The second kappa shape index (κ2) is 6.00. The van der Waals surface area contributed by atoms with Crippen molar-refractivity contribution in [2.24, 2.45) is 12.1 Å². The van der Waals surface area contributed by atoms with Gasteiger partial charge in [-0.05, 0) is 32.9 Å². The smallest absolute Gasteiger partial charge is 0.247 e. The van der Waals surface area contributed by atoms with Crippen LogP contribution in [0.15, 0.2) is 33.9 Å². The molecule has 0 aliphatic carbocycles. The summed E-state index contributed by atoms with van der Waals surface area (Å²) >= 11 is 1.53. The van der Waals surface area contributed by atoms with Crippen molar-refractivity contribution < 1.29 is 9.32 Å². The van der Waals surface area contributed by atoms with E-state index < -0.39 is 0 Å². The average molecular weight is 330 g/mol. The minimum Gasteiger partial charge on any atom is -0.361 e. The van der Waals surface area contributed by atoms with Crippen molar-refractivity contribution in [1.29, 1.82) is 0 Å². The molecule has 1 atom stereocenters. The summed E-state index contributed by atoms with van der Waals surface area (Å²) in [4.78, 5) is 13.1. The van der Waals surface area contributed by atoms with Crippen molar-refractivity contribution in [1.82, 2.24) is 15.1 Å². The lowest BCUT2D eigenvalue weighted by atomic mass is 9.99. The second-order valence-electron chi connectivity index (χ2n) is 5.46. The number of benzene rings is 1. The Bertz CT molecular complexity index is 916. The van der Waals surface area contributed by atoms with Gasteiger partial charge in [0.1, 0.15) is 5.76 Å². The number of thiazole rings is 1. The predicted molar refractivity (Wildman–Crippen MR) is 88.9 cm³/mol. The second-order valence-corrected chi connectivity index (χ2v) is 6.47. The number of hydrogen-bond donors (Lipinski definition) is 1. The molecule has 1 unspecified atom stereocenters. The van der Waals surface area contributed by atoms with Gasteiger partial charge < -0.3 is 9.09 Å². The molecule has 0 aliphatic rings. The van der Waals surface area contributed by atoms with Crippen LogP contribution in [0.3, 0.4) is 0 Å². The molecule has 0 aliphatic heterocycles. The molecule has 7 heteroatoms. The van der Waals surface area contributed by atoms with Crippen molar-refractivity contribution in [3.8, 4) is 0 Å². The summed E-state index contributed by atoms with van der Waals surface area (Å²) in [7, 11) is 1.93. The van der Waals surface area contributed by atoms with Gasteiger partial charge in [-0.2, -0.15) is 0 Å². The normalized spacial score (nSPS) is 13.5. The van der Waals surface area contributed by atoms with E-state index in [1.807, 2.05) is 56.7 Å². The van der Waals surface area contributed by atoms with E-state index in [1.165, 1.54) is 11.3 Å². The standard InChI is InChI=1S/C16H18N4O2S/c1-9(14-10(2)19-22-11(14)3)15(21)17-18-16-20(4)12-7-5-6-8-13(12)23-16/h5-9H,1-4H3,(H,17,21). The third kappa shape index (κ3) is 2.79. The average Bonchev–Trinajstić information content (AvgIpc) is 3.05. The van der Waals surface area contributed by atoms with Crippen LogP contribution in [0.25, 0.3) is 10.2 Å². The third-order valence-corrected chi connectivity index (χ3v) is 5.00. The lowest BCUT2D eigenvalue weighted by Crippen LogP contribution is -2.27. The fraction of sp³-hybridized carbons (Fsp3) is 0.312. The van der Waals surface area contributed by atoms with E-state index in [9.17, 15) is 4.79 Å². The molecule has 0 radical (unpaired) electrons. The van der Waals surface area contributed by atoms with Gasteiger partial charge in [-0.25, -0.2) is 5.43 Å². The van der Waals surface area contributed by atoms with E-state index in [4.69, 9.17) is 4.52 Å². The Morgan fingerprint density at radius 3 is 2.78 bits per heavy atom. The number of para-hydroxylation sites is 1. The molecule has 1 aromatic carbocycles. The lowest BCUT2D eigenvalue weighted by Gasteiger charge is -2.08. The Hall–Kier alpha value is -2.41. The fourth-order valence-electron chi connectivity index (χ4n) is 2.63. The Morgan fingerprint density at radius 2 is 2.13 bits per heavy atom. The first kappa shape index (κ1) is 15.5. The molecule has 0 fully saturated rings. The molecule has 23 heavy (non-hydrogen) atoms. The summed E-state index contributed by atoms with van der Waals surface area (Å²) in [5.74, 6) is 0.110. The first-order chi connectivity index (χ1) is 11.0. The van der Waals surface area contributed by atoms with E-state index in [0.29, 0.717) is 5.76 Å². The van der Waals surface area contributed by atoms with E-state index in [1.54, 1.807) is 0 Å². The van der Waals surface area contributed by atoms with E-state index >= 15 is 0 Å². The highest BCUT2D eigenvalue weighted by atomic mass is 32.1. The molecule has 0 bridgehead atoms. The van der Waals surface area contributed by atoms with Crippen LogP contribution in [0.5, 0.6) is 0 Å². The van der Waals surface area contributed by atoms with Crippen molar-refractivity contribution in [3.63, 3.8) is 0 Å². The minimum atomic E-state index is -0.371. The fourth-order valence-corrected chi connectivity index (χ4v) is 3.61. The zero-order valence-electron chi connectivity index (χ0n) is 13.5. The number of carbonyl (C=O) groups excluding carboxylic acids is 1. The maximum absolute atomic E-state index is 12.4. The maximum Gasteiger partial charge on any atom is 0.247 e. The van der Waals surface area contributed by atoms with Gasteiger partial charge in [0.05, 0.1) is 21.8 Å². The maximum atomic E-state index is 12.4. The van der Waals surface area contributed by atoms with Gasteiger partial charge in [0, 0.05) is 12.6 Å². The molecule has 3 aromatic rings. The van der Waals surface area contributed by atoms with Gasteiger partial charge in [-0.1, -0.05) is 28.6 Å². The molecule has 2 aromatic heterocycles. The molecular weight excluding hydrogens is 312 g/mol. The van der Waals surface area contributed by atoms with Gasteiger partial charge in [-0.15, -0.1) is 5.10 Å². The van der Waals surface area contributed by atoms with Crippen LogP contribution in [0, 0.1) is 13.8 Å². The Kier molecular flexibility index (Phi) is 4.04. The molecule has 0 spiro atoms. The van der Waals surface area contributed by atoms with Crippen LogP contribution in [0.1, 0.15) is 29.9 Å². The van der Waals surface area contributed by atoms with Crippen LogP contribution < -0.4 is 10.2 Å². The molecular formula is C16H18N4O2S. The number of nitrogens with one attached hydrogen (secondary N) is 1. The van der Waals surface area contributed by atoms with Crippen molar-refractivity contribution in [2.45, 2.75) is 26.7 Å². The number of fused-ring (bicyclic) bond motifs is 1. The van der Waals surface area contributed by atoms with Gasteiger partial charge >= 0.3 is 0 Å². The number of nitrogens with zero attached hydrogens (tertiary/aromatic N) is 3. The predicted octanol–water partition coefficient (Wildman–Crippen LogP) is 2.58. The van der Waals surface area contributed by atoms with Crippen LogP contribution in [0.4, 0.5) is 0 Å². The van der Waals surface area contributed by atoms with E-state index in [0.717, 1.165) is 26.3 Å². The summed E-state index contributed by atoms with van der Waals surface area (Å²) < 4.78 is 8.21. The molecule has 0 saturated carbocycles. The van der Waals surface area contributed by atoms with E-state index in [2.05, 4.69) is 15.7 Å². The topological polar surface area (TPSA) is 72.4 Å². The lowest BCUT2D eigenvalue weighted by molar-refractivity contribution is -0.122. The summed E-state index contributed by atoms with van der Waals surface area (Å²) in [6, 6.07) is 8.03. The molecule has 1 amide bonds. The first-order valence-corrected chi connectivity index (χ1v) is 8.11. The number of rotatable bonds is 3. The number of carbonyl (C=O) groups is 1. The Balaban J connectivity index is 1.86. The van der Waals surface area contributed by atoms with Crippen LogP contribution >= 0.6 is 11.3 Å². The third-order valence-electron chi connectivity index (χ3n) is 3.89. The highest BCUT2D eigenvalue weighted by molar-refractivity contribution is 7.16. The van der Waals surface area contributed by atoms with Gasteiger partial charge in [-0.3, -0.25) is 4.79 Å². The largest absolute Gasteiger partial charge is 0.361 e. The van der Waals surface area contributed by atoms with Crippen LogP contribution in [-0.4, -0.2) is 15.6 Å². The van der Waals surface area contributed by atoms with E-state index in [-0.39, 0.29) is 11.8 Å². The van der Waals surface area contributed by atoms with Crippen molar-refractivity contribution in [3.05, 3.63) is 46.1 Å². The summed E-state index contributed by atoms with van der Waals surface area (Å²) in [5, 5.41) is 8.16. The quantitative estimate of drug-likeness (QED) is 0.750. The zero-order valence-corrected chi connectivity index (χ0v) is 14.3. The summed E-state index contributed by atoms with van der Waals surface area (Å²) in [5.41, 5.74) is 5.29. The Morgan fingerprint density at radius 1 is 1.39 bits per heavy atom. The molecule has 2 heterocycles. The molecule has 0 saturated heterocycles. The highest BCUT2D eigenvalue weighted by Gasteiger charge is 2.22. The number of aryl methyl sites for hydroxylation is 3. The number of amides is 1. The Labute approximate surface area is 137 Å². The molecule has 120 valence electrons. The van der Waals surface area contributed by atoms with Crippen LogP contribution in [0.2, 0.25) is 0 Å². The monoisotopic (exact) mass is 330 g/mol. The number of hydrogen-bond acceptors (Lipinski definition) is 5.